The molecule has 5 nitrogen and oxygen atoms in total. The van der Waals surface area contributed by atoms with Crippen LogP contribution in [0.5, 0.6) is 0 Å². The summed E-state index contributed by atoms with van der Waals surface area (Å²) in [6.45, 7) is 5.08. The third-order valence-corrected chi connectivity index (χ3v) is 12.8. The van der Waals surface area contributed by atoms with Crippen molar-refractivity contribution >= 4 is 53.0 Å². The number of hydrogen-bond acceptors (Lipinski definition) is 7. The molecule has 5 aliphatic rings. The summed E-state index contributed by atoms with van der Waals surface area (Å²) in [7, 11) is 0. The number of thiol groups is 1. The Kier molecular flexibility index (Phi) is 6.14. The molecule has 0 aromatic heterocycles. The minimum absolute atomic E-state index is 0.0516. The van der Waals surface area contributed by atoms with E-state index in [0.717, 1.165) is 17.6 Å². The van der Waals surface area contributed by atoms with Gasteiger partial charge in [0, 0.05) is 34.2 Å². The predicted molar refractivity (Wildman–Crippen MR) is 135 cm³/mol. The standard InChI is InChI=1S/C25H30F2O5S3/c1-12-8-14-15-10-17(26)16-9-13(28)4-5-22(16,2)24(15,27)18(29)11-23(14,3)25(12,21(31)33)32-19(30)20-34-6-7-35-20/h4-5,9,12,14-15,17-18,20,29H,6-8,10-11H2,1-3H3,(H,31,33)/t12?,14-,15-,17?,18?,22-,23-,24?,25?/m0/s1. The monoisotopic (exact) mass is 544 g/mol. The van der Waals surface area contributed by atoms with Crippen LogP contribution in [0.1, 0.15) is 40.0 Å². The summed E-state index contributed by atoms with van der Waals surface area (Å²) >= 11 is 7.09. The Bertz CT molecular complexity index is 1040. The lowest BCUT2D eigenvalue weighted by Gasteiger charge is -2.63. The van der Waals surface area contributed by atoms with Crippen molar-refractivity contribution in [2.24, 2.45) is 28.6 Å². The first-order valence-electron chi connectivity index (χ1n) is 12.0. The van der Waals surface area contributed by atoms with Gasteiger partial charge in [-0.1, -0.05) is 19.9 Å². The van der Waals surface area contributed by atoms with E-state index < -0.39 is 73.6 Å². The summed E-state index contributed by atoms with van der Waals surface area (Å²) in [6, 6.07) is 0. The Morgan fingerprint density at radius 1 is 1.20 bits per heavy atom. The van der Waals surface area contributed by atoms with Gasteiger partial charge < -0.3 is 9.84 Å². The smallest absolute Gasteiger partial charge is 0.330 e. The first-order chi connectivity index (χ1) is 16.3. The van der Waals surface area contributed by atoms with Crippen LogP contribution in [0.3, 0.4) is 0 Å². The number of aliphatic hydroxyl groups excluding tert-OH is 1. The normalized spacial score (nSPS) is 49.2. The number of hydrogen-bond donors (Lipinski definition) is 2. The molecule has 4 fully saturated rings. The molecule has 1 heterocycles. The van der Waals surface area contributed by atoms with Crippen LogP contribution >= 0.6 is 36.2 Å². The molecule has 5 unspecified atom stereocenters. The second-order valence-corrected chi connectivity index (χ2v) is 14.2. The number of aliphatic hydroxyl groups is 1. The van der Waals surface area contributed by atoms with E-state index in [1.54, 1.807) is 13.8 Å². The number of fused-ring (bicyclic) bond motifs is 5. The number of ether oxygens (including phenoxy) is 1. The van der Waals surface area contributed by atoms with Crippen LogP contribution in [-0.4, -0.2) is 61.6 Å². The molecule has 0 bridgehead atoms. The average molecular weight is 545 g/mol. The van der Waals surface area contributed by atoms with Gasteiger partial charge in [-0.15, -0.1) is 36.2 Å². The highest BCUT2D eigenvalue weighted by molar-refractivity contribution is 8.21. The number of alkyl halides is 2. The van der Waals surface area contributed by atoms with E-state index in [1.807, 2.05) is 0 Å². The number of carbonyl (C=O) groups is 3. The topological polar surface area (TPSA) is 80.7 Å². The Morgan fingerprint density at radius 2 is 1.86 bits per heavy atom. The lowest BCUT2D eigenvalue weighted by atomic mass is 9.44. The number of thioether (sulfide) groups is 2. The zero-order valence-corrected chi connectivity index (χ0v) is 22.4. The molecule has 35 heavy (non-hydrogen) atoms. The van der Waals surface area contributed by atoms with Crippen LogP contribution in [0.2, 0.25) is 0 Å². The molecule has 4 aliphatic carbocycles. The molecule has 0 spiro atoms. The van der Waals surface area contributed by atoms with Crippen molar-refractivity contribution in [3.8, 4) is 0 Å². The number of halogens is 2. The van der Waals surface area contributed by atoms with Crippen molar-refractivity contribution < 1.29 is 33.0 Å². The van der Waals surface area contributed by atoms with E-state index in [1.165, 1.54) is 42.6 Å². The molecule has 1 aliphatic heterocycles. The van der Waals surface area contributed by atoms with Crippen molar-refractivity contribution in [1.82, 2.24) is 0 Å². The van der Waals surface area contributed by atoms with Crippen LogP contribution in [0, 0.1) is 28.6 Å². The summed E-state index contributed by atoms with van der Waals surface area (Å²) in [5.74, 6) is -1.30. The predicted octanol–water partition coefficient (Wildman–Crippen LogP) is 4.10. The second-order valence-electron chi connectivity index (χ2n) is 11.0. The van der Waals surface area contributed by atoms with Crippen molar-refractivity contribution in [2.75, 3.05) is 11.5 Å². The van der Waals surface area contributed by atoms with Gasteiger partial charge in [0.05, 0.1) is 6.10 Å². The van der Waals surface area contributed by atoms with E-state index in [9.17, 15) is 19.5 Å². The zero-order valence-electron chi connectivity index (χ0n) is 19.8. The van der Waals surface area contributed by atoms with Crippen molar-refractivity contribution in [3.05, 3.63) is 23.8 Å². The maximum atomic E-state index is 17.3. The van der Waals surface area contributed by atoms with E-state index in [2.05, 4.69) is 12.6 Å². The SMILES string of the molecule is CC1C[C@H]2[C@@H]3CC(F)C4=CC(=O)C=C[C@]4(C)C3(F)C(O)C[C@]2(C)C1(OC(=O)C1SCCS1)C(=O)S. The molecule has 1 N–H and O–H groups in total. The highest BCUT2D eigenvalue weighted by Crippen LogP contribution is 2.71. The van der Waals surface area contributed by atoms with Gasteiger partial charge in [-0.2, -0.15) is 0 Å². The zero-order chi connectivity index (χ0) is 25.6. The average Bonchev–Trinajstić information content (AvgIpc) is 3.39. The molecule has 192 valence electrons. The van der Waals surface area contributed by atoms with Gasteiger partial charge in [0.1, 0.15) is 10.8 Å². The van der Waals surface area contributed by atoms with E-state index in [4.69, 9.17) is 4.74 Å². The first kappa shape index (κ1) is 25.8. The fourth-order valence-corrected chi connectivity index (χ4v) is 11.0. The van der Waals surface area contributed by atoms with Crippen LogP contribution in [0.15, 0.2) is 23.8 Å². The van der Waals surface area contributed by atoms with Crippen molar-refractivity contribution in [3.63, 3.8) is 0 Å². The molecule has 10 heteroatoms. The largest absolute Gasteiger partial charge is 0.448 e. The summed E-state index contributed by atoms with van der Waals surface area (Å²) in [6.07, 6.45) is 0.595. The summed E-state index contributed by atoms with van der Waals surface area (Å²) in [5, 5.41) is 10.8. The molecule has 5 rings (SSSR count). The fraction of sp³-hybridized carbons (Fsp3) is 0.720. The Morgan fingerprint density at radius 3 is 2.49 bits per heavy atom. The minimum Gasteiger partial charge on any atom is -0.448 e. The van der Waals surface area contributed by atoms with Gasteiger partial charge in [0.25, 0.3) is 0 Å². The van der Waals surface area contributed by atoms with Gasteiger partial charge in [0.2, 0.25) is 5.12 Å². The molecule has 0 aromatic rings. The molecule has 3 saturated carbocycles. The molecule has 0 radical (unpaired) electrons. The van der Waals surface area contributed by atoms with Crippen LogP contribution < -0.4 is 0 Å². The summed E-state index contributed by atoms with van der Waals surface area (Å²) in [5.41, 5.74) is -6.50. The minimum atomic E-state index is -2.25. The number of rotatable bonds is 3. The Labute approximate surface area is 217 Å². The number of esters is 1. The molecule has 1 saturated heterocycles. The lowest BCUT2D eigenvalue weighted by molar-refractivity contribution is -0.228. The third-order valence-electron chi connectivity index (χ3n) is 9.56. The molecule has 0 amide bonds. The number of allylic oxidation sites excluding steroid dienone is 4. The van der Waals surface area contributed by atoms with Crippen LogP contribution in [0.4, 0.5) is 8.78 Å². The Hall–Kier alpha value is -0.840. The maximum absolute atomic E-state index is 17.3. The molecule has 0 aromatic carbocycles. The highest BCUT2D eigenvalue weighted by atomic mass is 32.2. The highest BCUT2D eigenvalue weighted by Gasteiger charge is 2.78. The molecular weight excluding hydrogens is 514 g/mol. The Balaban J connectivity index is 1.60. The van der Waals surface area contributed by atoms with Crippen molar-refractivity contribution in [1.29, 1.82) is 0 Å². The van der Waals surface area contributed by atoms with E-state index in [0.29, 0.717) is 6.42 Å². The van der Waals surface area contributed by atoms with Crippen LogP contribution in [-0.2, 0) is 19.1 Å². The summed E-state index contributed by atoms with van der Waals surface area (Å²) in [4.78, 5) is 38.3. The van der Waals surface area contributed by atoms with E-state index in [-0.39, 0.29) is 18.4 Å². The number of ketones is 1. The summed E-state index contributed by atoms with van der Waals surface area (Å²) < 4.78 is 38.5. The van der Waals surface area contributed by atoms with Gasteiger partial charge >= 0.3 is 5.97 Å². The number of carbonyl (C=O) groups excluding carboxylic acids is 3. The maximum Gasteiger partial charge on any atom is 0.330 e. The van der Waals surface area contributed by atoms with E-state index >= 15 is 8.78 Å². The lowest BCUT2D eigenvalue weighted by Crippen LogP contribution is -2.70. The van der Waals surface area contributed by atoms with Gasteiger partial charge in [-0.3, -0.25) is 9.59 Å². The van der Waals surface area contributed by atoms with Crippen LogP contribution in [0.25, 0.3) is 0 Å². The third kappa shape index (κ3) is 3.21. The second kappa shape index (κ2) is 8.33. The molecule has 9 atom stereocenters. The van der Waals surface area contributed by atoms with Gasteiger partial charge in [-0.05, 0) is 49.8 Å². The van der Waals surface area contributed by atoms with Crippen molar-refractivity contribution in [2.45, 2.75) is 68.2 Å². The van der Waals surface area contributed by atoms with Gasteiger partial charge in [0.15, 0.2) is 17.1 Å². The fourth-order valence-electron chi connectivity index (χ4n) is 7.94. The molecular formula is C25H30F2O5S3. The first-order valence-corrected chi connectivity index (χ1v) is 14.5. The quantitative estimate of drug-likeness (QED) is 0.409. The van der Waals surface area contributed by atoms with Gasteiger partial charge in [-0.25, -0.2) is 13.6 Å².